The molecule has 2 N–H and O–H groups in total. The molecule has 0 aromatic carbocycles. The summed E-state index contributed by atoms with van der Waals surface area (Å²) >= 11 is 0. The zero-order valence-electron chi connectivity index (χ0n) is 8.30. The van der Waals surface area contributed by atoms with Crippen LogP contribution >= 0.6 is 0 Å². The highest BCUT2D eigenvalue weighted by Crippen LogP contribution is 2.34. The Balaban J connectivity index is 2.29. The summed E-state index contributed by atoms with van der Waals surface area (Å²) < 4.78 is 4.89. The van der Waals surface area contributed by atoms with Crippen molar-refractivity contribution in [2.75, 3.05) is 11.9 Å². The van der Waals surface area contributed by atoms with E-state index in [1.54, 1.807) is 25.4 Å². The molecule has 2 rings (SSSR count). The van der Waals surface area contributed by atoms with Crippen LogP contribution in [0.25, 0.3) is 0 Å². The van der Waals surface area contributed by atoms with Crippen molar-refractivity contribution in [3.8, 4) is 0 Å². The number of anilines is 1. The molecule has 0 spiro atoms. The van der Waals surface area contributed by atoms with E-state index in [1.165, 1.54) is 0 Å². The van der Waals surface area contributed by atoms with Crippen molar-refractivity contribution in [1.29, 1.82) is 0 Å². The maximum Gasteiger partial charge on any atom is 0.318 e. The van der Waals surface area contributed by atoms with Gasteiger partial charge in [0.1, 0.15) is 12.1 Å². The monoisotopic (exact) mass is 208 g/mol. The number of carbonyl (C=O) groups excluding carboxylic acids is 1. The number of esters is 1. The van der Waals surface area contributed by atoms with Crippen molar-refractivity contribution in [1.82, 2.24) is 4.98 Å². The Morgan fingerprint density at radius 2 is 2.53 bits per heavy atom. The summed E-state index contributed by atoms with van der Waals surface area (Å²) in [5, 5.41) is 12.4. The third kappa shape index (κ3) is 1.66. The summed E-state index contributed by atoms with van der Waals surface area (Å²) in [6, 6.07) is 1.71. The third-order valence-electron chi connectivity index (χ3n) is 2.35. The molecular weight excluding hydrogens is 196 g/mol. The molecule has 1 aromatic heterocycles. The highest BCUT2D eigenvalue weighted by Gasteiger charge is 2.37. The maximum atomic E-state index is 11.6. The summed E-state index contributed by atoms with van der Waals surface area (Å²) in [5.41, 5.74) is 1.42. The molecule has 80 valence electrons. The van der Waals surface area contributed by atoms with Crippen molar-refractivity contribution in [3.05, 3.63) is 24.0 Å². The van der Waals surface area contributed by atoms with Gasteiger partial charge >= 0.3 is 5.97 Å². The zero-order valence-corrected chi connectivity index (χ0v) is 8.30. The van der Waals surface area contributed by atoms with Crippen LogP contribution in [0.4, 0.5) is 5.69 Å². The van der Waals surface area contributed by atoms with Crippen LogP contribution < -0.4 is 5.32 Å². The molecular formula is C10H12N2O3. The molecule has 0 bridgehead atoms. The van der Waals surface area contributed by atoms with E-state index >= 15 is 0 Å². The Bertz CT molecular complexity index is 381. The Hall–Kier alpha value is -1.62. The average molecular weight is 208 g/mol. The number of hydrogen-bond acceptors (Lipinski definition) is 5. The van der Waals surface area contributed by atoms with Crippen molar-refractivity contribution < 1.29 is 14.6 Å². The highest BCUT2D eigenvalue weighted by molar-refractivity contribution is 5.84. The number of ether oxygens (including phenoxy) is 1. The fourth-order valence-electron chi connectivity index (χ4n) is 1.70. The van der Waals surface area contributed by atoms with E-state index in [4.69, 9.17) is 4.74 Å². The number of rotatable bonds is 2. The summed E-state index contributed by atoms with van der Waals surface area (Å²) in [7, 11) is 0. The average Bonchev–Trinajstić information content (AvgIpc) is 2.54. The third-order valence-corrected chi connectivity index (χ3v) is 2.35. The van der Waals surface area contributed by atoms with Crippen LogP contribution in [0, 0.1) is 0 Å². The molecule has 0 saturated heterocycles. The molecule has 1 aliphatic rings. The molecule has 0 unspecified atom stereocenters. The van der Waals surface area contributed by atoms with Crippen LogP contribution in [0.15, 0.2) is 18.5 Å². The van der Waals surface area contributed by atoms with Gasteiger partial charge in [-0.05, 0) is 18.6 Å². The number of fused-ring (bicyclic) bond motifs is 1. The van der Waals surface area contributed by atoms with Crippen LogP contribution in [-0.4, -0.2) is 28.9 Å². The molecule has 0 aliphatic carbocycles. The highest BCUT2D eigenvalue weighted by atomic mass is 16.5. The van der Waals surface area contributed by atoms with Gasteiger partial charge in [0.25, 0.3) is 0 Å². The van der Waals surface area contributed by atoms with E-state index < -0.39 is 18.1 Å². The normalized spacial score (nSPS) is 23.1. The first-order valence-electron chi connectivity index (χ1n) is 4.79. The smallest absolute Gasteiger partial charge is 0.318 e. The minimum atomic E-state index is -0.928. The number of nitrogens with zero attached hydrogens (tertiary/aromatic N) is 1. The Morgan fingerprint density at radius 3 is 3.27 bits per heavy atom. The first kappa shape index (κ1) is 9.92. The van der Waals surface area contributed by atoms with Crippen molar-refractivity contribution >= 4 is 11.7 Å². The fraction of sp³-hybridized carbons (Fsp3) is 0.400. The van der Waals surface area contributed by atoms with Crippen molar-refractivity contribution in [3.63, 3.8) is 0 Å². The second kappa shape index (κ2) is 3.86. The zero-order chi connectivity index (χ0) is 10.8. The summed E-state index contributed by atoms with van der Waals surface area (Å²) in [5.74, 6) is -1.06. The molecule has 0 saturated carbocycles. The Morgan fingerprint density at radius 1 is 1.73 bits per heavy atom. The van der Waals surface area contributed by atoms with Gasteiger partial charge in [0, 0.05) is 6.20 Å². The number of pyridine rings is 1. The molecule has 0 amide bonds. The lowest BCUT2D eigenvalue weighted by Gasteiger charge is -2.13. The van der Waals surface area contributed by atoms with Gasteiger partial charge < -0.3 is 15.2 Å². The standard InChI is InChI=1S/C10H12N2O3/c1-2-15-10(14)8-6-3-4-11-5-7(6)12-9(8)13/h3-5,8-9,12-13H,2H2,1H3/t8-,9-/m0/s1. The quantitative estimate of drug-likeness (QED) is 0.691. The van der Waals surface area contributed by atoms with Gasteiger partial charge in [-0.2, -0.15) is 0 Å². The number of aliphatic hydroxyl groups is 1. The van der Waals surface area contributed by atoms with Gasteiger partial charge in [0.15, 0.2) is 0 Å². The van der Waals surface area contributed by atoms with Gasteiger partial charge in [0.2, 0.25) is 0 Å². The number of hydrogen-bond donors (Lipinski definition) is 2. The number of nitrogens with one attached hydrogen (secondary N) is 1. The Labute approximate surface area is 87.1 Å². The van der Waals surface area contributed by atoms with Gasteiger partial charge in [-0.1, -0.05) is 0 Å². The van der Waals surface area contributed by atoms with Gasteiger partial charge in [0.05, 0.1) is 18.5 Å². The molecule has 15 heavy (non-hydrogen) atoms. The van der Waals surface area contributed by atoms with E-state index in [9.17, 15) is 9.90 Å². The number of carbonyl (C=O) groups is 1. The van der Waals surface area contributed by atoms with E-state index in [1.807, 2.05) is 0 Å². The predicted octanol–water partition coefficient (Wildman–Crippen LogP) is 0.472. The molecule has 5 nitrogen and oxygen atoms in total. The van der Waals surface area contributed by atoms with Crippen LogP contribution in [-0.2, 0) is 9.53 Å². The van der Waals surface area contributed by atoms with E-state index in [-0.39, 0.29) is 0 Å². The number of aromatic nitrogens is 1. The van der Waals surface area contributed by atoms with Crippen molar-refractivity contribution in [2.45, 2.75) is 19.1 Å². The second-order valence-electron chi connectivity index (χ2n) is 3.28. The van der Waals surface area contributed by atoms with Crippen LogP contribution in [0.5, 0.6) is 0 Å². The molecule has 2 atom stereocenters. The summed E-state index contributed by atoms with van der Waals surface area (Å²) in [6.45, 7) is 2.04. The largest absolute Gasteiger partial charge is 0.465 e. The molecule has 1 aliphatic heterocycles. The first-order valence-corrected chi connectivity index (χ1v) is 4.79. The lowest BCUT2D eigenvalue weighted by Crippen LogP contribution is -2.27. The van der Waals surface area contributed by atoms with E-state index in [2.05, 4.69) is 10.3 Å². The minimum absolute atomic E-state index is 0.308. The minimum Gasteiger partial charge on any atom is -0.465 e. The fourth-order valence-corrected chi connectivity index (χ4v) is 1.70. The summed E-state index contributed by atoms with van der Waals surface area (Å²) in [6.07, 6.45) is 2.24. The molecule has 2 heterocycles. The second-order valence-corrected chi connectivity index (χ2v) is 3.28. The number of aliphatic hydroxyl groups excluding tert-OH is 1. The van der Waals surface area contributed by atoms with Gasteiger partial charge in [-0.3, -0.25) is 9.78 Å². The summed E-state index contributed by atoms with van der Waals surface area (Å²) in [4.78, 5) is 15.5. The van der Waals surface area contributed by atoms with Crippen molar-refractivity contribution in [2.24, 2.45) is 0 Å². The predicted molar refractivity (Wildman–Crippen MR) is 53.2 cm³/mol. The maximum absolute atomic E-state index is 11.6. The SMILES string of the molecule is CCOC(=O)[C@H]1c2ccncc2N[C@H]1O. The van der Waals surface area contributed by atoms with Gasteiger partial charge in [-0.15, -0.1) is 0 Å². The topological polar surface area (TPSA) is 71.5 Å². The molecule has 0 radical (unpaired) electrons. The van der Waals surface area contributed by atoms with Gasteiger partial charge in [-0.25, -0.2) is 0 Å². The Kier molecular flexibility index (Phi) is 2.55. The first-order chi connectivity index (χ1) is 7.24. The molecule has 1 aromatic rings. The van der Waals surface area contributed by atoms with E-state index in [0.29, 0.717) is 12.3 Å². The lowest BCUT2D eigenvalue weighted by molar-refractivity contribution is -0.147. The lowest BCUT2D eigenvalue weighted by atomic mass is 10.0. The van der Waals surface area contributed by atoms with Crippen LogP contribution in [0.3, 0.4) is 0 Å². The van der Waals surface area contributed by atoms with Crippen LogP contribution in [0.2, 0.25) is 0 Å². The molecule has 5 heteroatoms. The van der Waals surface area contributed by atoms with Crippen LogP contribution in [0.1, 0.15) is 18.4 Å². The molecule has 0 fully saturated rings. The van der Waals surface area contributed by atoms with E-state index in [0.717, 1.165) is 5.56 Å².